The van der Waals surface area contributed by atoms with E-state index in [1.165, 1.54) is 24.3 Å². The number of nitrogens with zero attached hydrogens (tertiary/aromatic N) is 1. The molecule has 3 rings (SSSR count). The number of ether oxygens (including phenoxy) is 1. The zero-order valence-corrected chi connectivity index (χ0v) is 13.5. The van der Waals surface area contributed by atoms with Crippen LogP contribution in [0.1, 0.15) is 38.5 Å². The maximum atomic E-state index is 12.8. The largest absolute Gasteiger partial charge is 0.493 e. The van der Waals surface area contributed by atoms with Gasteiger partial charge >= 0.3 is 5.97 Å². The van der Waals surface area contributed by atoms with E-state index in [0.29, 0.717) is 18.1 Å². The molecule has 130 valence electrons. The number of likely N-dealkylation sites (tertiary alicyclic amines) is 1. The summed E-state index contributed by atoms with van der Waals surface area (Å²) in [5.41, 5.74) is 0. The van der Waals surface area contributed by atoms with Gasteiger partial charge in [-0.2, -0.15) is 0 Å². The molecule has 3 unspecified atom stereocenters. The van der Waals surface area contributed by atoms with Crippen LogP contribution in [0.25, 0.3) is 0 Å². The van der Waals surface area contributed by atoms with Gasteiger partial charge in [-0.1, -0.05) is 12.8 Å². The highest BCUT2D eigenvalue weighted by Gasteiger charge is 2.47. The Morgan fingerprint density at radius 3 is 2.62 bits per heavy atom. The molecule has 24 heavy (non-hydrogen) atoms. The number of fused-ring (bicyclic) bond motifs is 1. The summed E-state index contributed by atoms with van der Waals surface area (Å²) in [7, 11) is 0. The van der Waals surface area contributed by atoms with Crippen LogP contribution in [0.15, 0.2) is 24.3 Å². The Balaban J connectivity index is 1.59. The molecule has 1 saturated carbocycles. The Bertz CT molecular complexity index is 604. The van der Waals surface area contributed by atoms with E-state index in [2.05, 4.69) is 0 Å². The van der Waals surface area contributed by atoms with Gasteiger partial charge in [0.25, 0.3) is 0 Å². The van der Waals surface area contributed by atoms with Crippen molar-refractivity contribution in [2.24, 2.45) is 5.92 Å². The van der Waals surface area contributed by atoms with Crippen LogP contribution >= 0.6 is 0 Å². The topological polar surface area (TPSA) is 66.8 Å². The number of aliphatic carboxylic acids is 1. The summed E-state index contributed by atoms with van der Waals surface area (Å²) in [5.74, 6) is -0.628. The van der Waals surface area contributed by atoms with Crippen LogP contribution in [0.3, 0.4) is 0 Å². The Hall–Kier alpha value is -2.11. The lowest BCUT2D eigenvalue weighted by atomic mass is 9.84. The molecule has 1 aliphatic carbocycles. The minimum atomic E-state index is -0.919. The van der Waals surface area contributed by atoms with E-state index in [1.807, 2.05) is 0 Å². The van der Waals surface area contributed by atoms with Crippen LogP contribution in [0, 0.1) is 11.7 Å². The fourth-order valence-corrected chi connectivity index (χ4v) is 3.96. The van der Waals surface area contributed by atoms with Gasteiger partial charge in [0, 0.05) is 6.04 Å². The van der Waals surface area contributed by atoms with Crippen molar-refractivity contribution >= 4 is 11.9 Å². The standard InChI is InChI=1S/C18H22FNO4/c19-13-5-7-14(8-6-13)24-10-9-17(21)20-15-4-2-1-3-12(15)11-16(20)18(22)23/h5-8,12,15-16H,1-4,9-11H2,(H,22,23). The third-order valence-electron chi connectivity index (χ3n) is 5.06. The van der Waals surface area contributed by atoms with Gasteiger partial charge in [-0.25, -0.2) is 9.18 Å². The monoisotopic (exact) mass is 335 g/mol. The second-order valence-corrected chi connectivity index (χ2v) is 6.56. The van der Waals surface area contributed by atoms with E-state index < -0.39 is 12.0 Å². The number of hydrogen-bond donors (Lipinski definition) is 1. The third-order valence-corrected chi connectivity index (χ3v) is 5.06. The van der Waals surface area contributed by atoms with Gasteiger partial charge < -0.3 is 14.7 Å². The SMILES string of the molecule is O=C(O)C1CC2CCCCC2N1C(=O)CCOc1ccc(F)cc1. The van der Waals surface area contributed by atoms with E-state index in [0.717, 1.165) is 25.7 Å². The summed E-state index contributed by atoms with van der Waals surface area (Å²) in [5, 5.41) is 9.45. The van der Waals surface area contributed by atoms with Crippen molar-refractivity contribution in [1.29, 1.82) is 0 Å². The van der Waals surface area contributed by atoms with Gasteiger partial charge in [-0.15, -0.1) is 0 Å². The summed E-state index contributed by atoms with van der Waals surface area (Å²) in [6, 6.07) is 4.95. The summed E-state index contributed by atoms with van der Waals surface area (Å²) in [4.78, 5) is 25.7. The molecule has 0 spiro atoms. The predicted molar refractivity (Wildman–Crippen MR) is 85.1 cm³/mol. The van der Waals surface area contributed by atoms with Gasteiger partial charge in [0.15, 0.2) is 0 Å². The quantitative estimate of drug-likeness (QED) is 0.898. The number of halogens is 1. The Kier molecular flexibility index (Phi) is 5.02. The van der Waals surface area contributed by atoms with Gasteiger partial charge in [0.1, 0.15) is 17.6 Å². The minimum Gasteiger partial charge on any atom is -0.493 e. The van der Waals surface area contributed by atoms with Crippen molar-refractivity contribution in [2.75, 3.05) is 6.61 Å². The first kappa shape index (κ1) is 16.7. The van der Waals surface area contributed by atoms with Gasteiger partial charge in [-0.3, -0.25) is 4.79 Å². The van der Waals surface area contributed by atoms with Crippen molar-refractivity contribution < 1.29 is 23.8 Å². The highest BCUT2D eigenvalue weighted by atomic mass is 19.1. The maximum absolute atomic E-state index is 12.8. The Labute approximate surface area is 140 Å². The molecule has 1 aliphatic heterocycles. The van der Waals surface area contributed by atoms with E-state index in [1.54, 1.807) is 4.90 Å². The first-order valence-electron chi connectivity index (χ1n) is 8.48. The molecular weight excluding hydrogens is 313 g/mol. The number of carbonyl (C=O) groups is 2. The van der Waals surface area contributed by atoms with Crippen LogP contribution in [0.4, 0.5) is 4.39 Å². The zero-order valence-electron chi connectivity index (χ0n) is 13.5. The molecule has 0 aromatic heterocycles. The van der Waals surface area contributed by atoms with Gasteiger partial charge in [0.05, 0.1) is 13.0 Å². The summed E-state index contributed by atoms with van der Waals surface area (Å²) < 4.78 is 18.3. The van der Waals surface area contributed by atoms with Gasteiger partial charge in [-0.05, 0) is 49.4 Å². The van der Waals surface area contributed by atoms with Crippen molar-refractivity contribution in [2.45, 2.75) is 50.6 Å². The smallest absolute Gasteiger partial charge is 0.326 e. The van der Waals surface area contributed by atoms with Gasteiger partial charge in [0.2, 0.25) is 5.91 Å². The average molecular weight is 335 g/mol. The molecule has 5 nitrogen and oxygen atoms in total. The number of benzene rings is 1. The number of carbonyl (C=O) groups excluding carboxylic acids is 1. The summed E-state index contributed by atoms with van der Waals surface area (Å²) >= 11 is 0. The normalized spacial score (nSPS) is 26.0. The second-order valence-electron chi connectivity index (χ2n) is 6.56. The maximum Gasteiger partial charge on any atom is 0.326 e. The van der Waals surface area contributed by atoms with Crippen LogP contribution < -0.4 is 4.74 Å². The fraction of sp³-hybridized carbons (Fsp3) is 0.556. The lowest BCUT2D eigenvalue weighted by Crippen LogP contribution is -2.46. The number of amides is 1. The lowest BCUT2D eigenvalue weighted by Gasteiger charge is -2.33. The van der Waals surface area contributed by atoms with Crippen LogP contribution in [-0.4, -0.2) is 40.6 Å². The molecular formula is C18H22FNO4. The van der Waals surface area contributed by atoms with E-state index in [4.69, 9.17) is 4.74 Å². The highest BCUT2D eigenvalue weighted by Crippen LogP contribution is 2.40. The lowest BCUT2D eigenvalue weighted by molar-refractivity contribution is -0.150. The number of carboxylic acids is 1. The molecule has 2 fully saturated rings. The van der Waals surface area contributed by atoms with Crippen LogP contribution in [0.2, 0.25) is 0 Å². The molecule has 2 aliphatic rings. The molecule has 1 aromatic rings. The van der Waals surface area contributed by atoms with E-state index in [9.17, 15) is 19.1 Å². The van der Waals surface area contributed by atoms with Crippen LogP contribution in [-0.2, 0) is 9.59 Å². The fourth-order valence-electron chi connectivity index (χ4n) is 3.96. The average Bonchev–Trinajstić information content (AvgIpc) is 2.96. The zero-order chi connectivity index (χ0) is 17.1. The summed E-state index contributed by atoms with van der Waals surface area (Å²) in [6.45, 7) is 0.157. The third kappa shape index (κ3) is 3.52. The molecule has 0 bridgehead atoms. The van der Waals surface area contributed by atoms with E-state index in [-0.39, 0.29) is 30.8 Å². The first-order chi connectivity index (χ1) is 11.6. The molecule has 1 aromatic carbocycles. The number of carboxylic acid groups (broad SMARTS) is 1. The van der Waals surface area contributed by atoms with Crippen LogP contribution in [0.5, 0.6) is 5.75 Å². The Morgan fingerprint density at radius 2 is 1.92 bits per heavy atom. The molecule has 1 saturated heterocycles. The molecule has 0 radical (unpaired) electrons. The van der Waals surface area contributed by atoms with Crippen molar-refractivity contribution in [3.63, 3.8) is 0 Å². The second kappa shape index (κ2) is 7.20. The highest BCUT2D eigenvalue weighted by molar-refractivity contribution is 5.84. The molecule has 1 heterocycles. The molecule has 3 atom stereocenters. The molecule has 6 heteroatoms. The minimum absolute atomic E-state index is 0.0539. The van der Waals surface area contributed by atoms with Crippen molar-refractivity contribution in [3.8, 4) is 5.75 Å². The Morgan fingerprint density at radius 1 is 1.21 bits per heavy atom. The molecule has 1 N–H and O–H groups in total. The molecule has 1 amide bonds. The number of hydrogen-bond acceptors (Lipinski definition) is 3. The number of rotatable bonds is 5. The summed E-state index contributed by atoms with van der Waals surface area (Å²) in [6.07, 6.45) is 4.74. The van der Waals surface area contributed by atoms with Crippen molar-refractivity contribution in [3.05, 3.63) is 30.1 Å². The first-order valence-corrected chi connectivity index (χ1v) is 8.48. The predicted octanol–water partition coefficient (Wildman–Crippen LogP) is 2.84. The van der Waals surface area contributed by atoms with E-state index >= 15 is 0 Å². The van der Waals surface area contributed by atoms with Crippen molar-refractivity contribution in [1.82, 2.24) is 4.90 Å².